The number of nitriles is 1. The summed E-state index contributed by atoms with van der Waals surface area (Å²) in [6, 6.07) is 23.3. The summed E-state index contributed by atoms with van der Waals surface area (Å²) in [6.07, 6.45) is 3.41. The van der Waals surface area contributed by atoms with Crippen LogP contribution < -0.4 is 19.1 Å². The highest BCUT2D eigenvalue weighted by molar-refractivity contribution is 6.12. The maximum Gasteiger partial charge on any atom is 0.268 e. The lowest BCUT2D eigenvalue weighted by atomic mass is 9.98. The van der Waals surface area contributed by atoms with Gasteiger partial charge in [0, 0.05) is 12.2 Å². The van der Waals surface area contributed by atoms with E-state index in [1.807, 2.05) is 42.5 Å². The van der Waals surface area contributed by atoms with Gasteiger partial charge in [0.15, 0.2) is 11.5 Å². The van der Waals surface area contributed by atoms with Gasteiger partial charge in [-0.15, -0.1) is 0 Å². The third kappa shape index (κ3) is 5.95. The van der Waals surface area contributed by atoms with Crippen molar-refractivity contribution in [2.75, 3.05) is 31.8 Å². The molecule has 1 unspecified atom stereocenters. The summed E-state index contributed by atoms with van der Waals surface area (Å²) in [5.41, 5.74) is 3.92. The zero-order chi connectivity index (χ0) is 26.2. The maximum absolute atomic E-state index is 13.1. The van der Waals surface area contributed by atoms with Gasteiger partial charge in [0.1, 0.15) is 30.6 Å². The Hall–Kier alpha value is -4.24. The van der Waals surface area contributed by atoms with Gasteiger partial charge < -0.3 is 19.1 Å². The minimum atomic E-state index is -0.304. The van der Waals surface area contributed by atoms with Crippen LogP contribution in [0.25, 0.3) is 6.08 Å². The van der Waals surface area contributed by atoms with E-state index in [0.29, 0.717) is 42.7 Å². The molecule has 1 amide bonds. The van der Waals surface area contributed by atoms with Gasteiger partial charge >= 0.3 is 0 Å². The number of rotatable bonds is 10. The summed E-state index contributed by atoms with van der Waals surface area (Å²) in [7, 11) is 1.56. The van der Waals surface area contributed by atoms with Gasteiger partial charge in [-0.25, -0.2) is 0 Å². The Morgan fingerprint density at radius 3 is 2.51 bits per heavy atom. The summed E-state index contributed by atoms with van der Waals surface area (Å²) in [5.74, 6) is 2.08. The monoisotopic (exact) mass is 496 g/mol. The number of benzene rings is 3. The number of methoxy groups -OCH3 is 1. The van der Waals surface area contributed by atoms with Gasteiger partial charge in [-0.05, 0) is 65.8 Å². The Morgan fingerprint density at radius 2 is 1.76 bits per heavy atom. The minimum Gasteiger partial charge on any atom is -0.493 e. The first kappa shape index (κ1) is 25.8. The van der Waals surface area contributed by atoms with E-state index in [4.69, 9.17) is 14.2 Å². The predicted octanol–water partition coefficient (Wildman–Crippen LogP) is 6.16. The molecule has 37 heavy (non-hydrogen) atoms. The van der Waals surface area contributed by atoms with Crippen LogP contribution in [0.1, 0.15) is 42.9 Å². The van der Waals surface area contributed by atoms with Crippen LogP contribution in [-0.2, 0) is 11.2 Å². The minimum absolute atomic E-state index is 0.0702. The molecule has 0 fully saturated rings. The second-order valence-corrected chi connectivity index (χ2v) is 8.96. The van der Waals surface area contributed by atoms with E-state index in [2.05, 4.69) is 26.0 Å². The number of hydrogen-bond donors (Lipinski definition) is 0. The van der Waals surface area contributed by atoms with E-state index in [9.17, 15) is 10.1 Å². The molecule has 0 bridgehead atoms. The molecule has 1 aliphatic rings. The Balaban J connectivity index is 1.41. The summed E-state index contributed by atoms with van der Waals surface area (Å²) >= 11 is 0. The van der Waals surface area contributed by atoms with Crippen molar-refractivity contribution in [3.05, 3.63) is 89.0 Å². The molecule has 0 spiro atoms. The quantitative estimate of drug-likeness (QED) is 0.191. The summed E-state index contributed by atoms with van der Waals surface area (Å²) in [5, 5.41) is 9.72. The summed E-state index contributed by atoms with van der Waals surface area (Å²) < 4.78 is 17.4. The zero-order valence-electron chi connectivity index (χ0n) is 21.6. The van der Waals surface area contributed by atoms with E-state index in [1.54, 1.807) is 36.3 Å². The molecular weight excluding hydrogens is 464 g/mol. The van der Waals surface area contributed by atoms with Crippen molar-refractivity contribution in [2.45, 2.75) is 32.6 Å². The van der Waals surface area contributed by atoms with Crippen LogP contribution in [-0.4, -0.2) is 32.8 Å². The van der Waals surface area contributed by atoms with Crippen molar-refractivity contribution in [3.8, 4) is 23.3 Å². The molecule has 0 radical (unpaired) electrons. The van der Waals surface area contributed by atoms with E-state index in [0.717, 1.165) is 29.8 Å². The number of hydrogen-bond acceptors (Lipinski definition) is 5. The largest absolute Gasteiger partial charge is 0.493 e. The predicted molar refractivity (Wildman–Crippen MR) is 145 cm³/mol. The van der Waals surface area contributed by atoms with Crippen molar-refractivity contribution in [2.24, 2.45) is 0 Å². The number of fused-ring (bicyclic) bond motifs is 1. The second kappa shape index (κ2) is 12.1. The number of anilines is 1. The summed E-state index contributed by atoms with van der Waals surface area (Å²) in [4.78, 5) is 14.8. The van der Waals surface area contributed by atoms with Crippen molar-refractivity contribution in [1.82, 2.24) is 0 Å². The van der Waals surface area contributed by atoms with Crippen LogP contribution in [0, 0.1) is 11.3 Å². The molecule has 0 N–H and O–H groups in total. The molecule has 3 aromatic carbocycles. The van der Waals surface area contributed by atoms with E-state index < -0.39 is 0 Å². The number of carbonyl (C=O) groups excluding carboxylic acids is 1. The van der Waals surface area contributed by atoms with E-state index in [-0.39, 0.29) is 11.5 Å². The average Bonchev–Trinajstić information content (AvgIpc) is 3.38. The molecule has 0 aromatic heterocycles. The normalized spacial score (nSPS) is 13.5. The first-order chi connectivity index (χ1) is 18.0. The van der Waals surface area contributed by atoms with Crippen LogP contribution >= 0.6 is 0 Å². The van der Waals surface area contributed by atoms with Crippen molar-refractivity contribution in [1.29, 1.82) is 5.26 Å². The summed E-state index contributed by atoms with van der Waals surface area (Å²) in [6.45, 7) is 5.65. The van der Waals surface area contributed by atoms with E-state index >= 15 is 0 Å². The van der Waals surface area contributed by atoms with Crippen LogP contribution in [0.3, 0.4) is 0 Å². The SMILES string of the molecule is CCC(C)c1ccccc1OCCOc1ccc(/C=C(\C#N)C(=O)N2CCc3ccccc32)cc1OC. The molecule has 1 aliphatic heterocycles. The molecule has 4 rings (SSSR count). The van der Waals surface area contributed by atoms with Gasteiger partial charge in [-0.3, -0.25) is 4.79 Å². The van der Waals surface area contributed by atoms with Crippen LogP contribution in [0.15, 0.2) is 72.3 Å². The van der Waals surface area contributed by atoms with Crippen molar-refractivity contribution in [3.63, 3.8) is 0 Å². The molecule has 0 saturated carbocycles. The molecule has 1 atom stereocenters. The Kier molecular flexibility index (Phi) is 8.48. The second-order valence-electron chi connectivity index (χ2n) is 8.96. The Bertz CT molecular complexity index is 1320. The topological polar surface area (TPSA) is 71.8 Å². The van der Waals surface area contributed by atoms with Crippen molar-refractivity contribution < 1.29 is 19.0 Å². The number of para-hydroxylation sites is 2. The first-order valence-electron chi connectivity index (χ1n) is 12.6. The number of ether oxygens (including phenoxy) is 3. The lowest BCUT2D eigenvalue weighted by Crippen LogP contribution is -2.29. The molecule has 6 heteroatoms. The van der Waals surface area contributed by atoms with Gasteiger partial charge in [-0.2, -0.15) is 5.26 Å². The highest BCUT2D eigenvalue weighted by Crippen LogP contribution is 2.32. The maximum atomic E-state index is 13.1. The number of amides is 1. The fourth-order valence-electron chi connectivity index (χ4n) is 4.44. The van der Waals surface area contributed by atoms with Crippen molar-refractivity contribution >= 4 is 17.7 Å². The van der Waals surface area contributed by atoms with Crippen LogP contribution in [0.4, 0.5) is 5.69 Å². The van der Waals surface area contributed by atoms with Gasteiger partial charge in [0.05, 0.1) is 7.11 Å². The molecule has 190 valence electrons. The van der Waals surface area contributed by atoms with Crippen LogP contribution in [0.5, 0.6) is 17.2 Å². The average molecular weight is 497 g/mol. The molecular formula is C31H32N2O4. The number of nitrogens with zero attached hydrogens (tertiary/aromatic N) is 2. The molecule has 6 nitrogen and oxygen atoms in total. The number of carbonyl (C=O) groups is 1. The molecule has 0 aliphatic carbocycles. The fraction of sp³-hybridized carbons (Fsp3) is 0.290. The van der Waals surface area contributed by atoms with E-state index in [1.165, 1.54) is 5.56 Å². The Labute approximate surface area is 218 Å². The first-order valence-corrected chi connectivity index (χ1v) is 12.6. The standard InChI is InChI=1S/C31H32N2O4/c1-4-22(2)26-10-6-8-12-28(26)36-17-18-37-29-14-13-23(20-30(29)35-3)19-25(21-32)31(34)33-16-15-24-9-5-7-11-27(24)33/h5-14,19-20,22H,4,15-18H2,1-3H3/b25-19+. The molecule has 0 saturated heterocycles. The van der Waals surface area contributed by atoms with Crippen LogP contribution in [0.2, 0.25) is 0 Å². The molecule has 1 heterocycles. The fourth-order valence-corrected chi connectivity index (χ4v) is 4.44. The van der Waals surface area contributed by atoms with Gasteiger partial charge in [0.25, 0.3) is 5.91 Å². The highest BCUT2D eigenvalue weighted by atomic mass is 16.5. The lowest BCUT2D eigenvalue weighted by Gasteiger charge is -2.17. The van der Waals surface area contributed by atoms with Gasteiger partial charge in [-0.1, -0.05) is 56.3 Å². The molecule has 3 aromatic rings. The third-order valence-electron chi connectivity index (χ3n) is 6.64. The smallest absolute Gasteiger partial charge is 0.268 e. The third-order valence-corrected chi connectivity index (χ3v) is 6.64. The lowest BCUT2D eigenvalue weighted by molar-refractivity contribution is -0.114. The van der Waals surface area contributed by atoms with Gasteiger partial charge in [0.2, 0.25) is 0 Å². The highest BCUT2D eigenvalue weighted by Gasteiger charge is 2.26. The zero-order valence-corrected chi connectivity index (χ0v) is 21.6. The Morgan fingerprint density at radius 1 is 1.03 bits per heavy atom.